The zero-order valence-corrected chi connectivity index (χ0v) is 8.77. The minimum absolute atomic E-state index is 0.722. The van der Waals surface area contributed by atoms with Gasteiger partial charge in [0.25, 0.3) is 0 Å². The molecule has 72 valence electrons. The lowest BCUT2D eigenvalue weighted by Crippen LogP contribution is -2.33. The molecule has 1 fully saturated rings. The van der Waals surface area contributed by atoms with Gasteiger partial charge in [-0.05, 0) is 38.6 Å². The second-order valence-electron chi connectivity index (χ2n) is 4.28. The van der Waals surface area contributed by atoms with Gasteiger partial charge >= 0.3 is 0 Å². The third kappa shape index (κ3) is 2.48. The van der Waals surface area contributed by atoms with E-state index in [-0.39, 0.29) is 0 Å². The Labute approximate surface area is 76.9 Å². The van der Waals surface area contributed by atoms with Crippen molar-refractivity contribution in [1.29, 1.82) is 0 Å². The van der Waals surface area contributed by atoms with E-state index in [0.29, 0.717) is 0 Å². The Kier molecular flexibility index (Phi) is 4.07. The average Bonchev–Trinajstić information content (AvgIpc) is 2.17. The Morgan fingerprint density at radius 3 is 2.75 bits per heavy atom. The summed E-state index contributed by atoms with van der Waals surface area (Å²) in [6.45, 7) is 4.65. The average molecular weight is 169 g/mol. The van der Waals surface area contributed by atoms with Gasteiger partial charge in [0.05, 0.1) is 0 Å². The van der Waals surface area contributed by atoms with Gasteiger partial charge in [-0.25, -0.2) is 0 Å². The van der Waals surface area contributed by atoms with Crippen LogP contribution in [-0.4, -0.2) is 13.1 Å². The first kappa shape index (κ1) is 10.0. The maximum absolute atomic E-state index is 3.38. The van der Waals surface area contributed by atoms with Gasteiger partial charge in [-0.3, -0.25) is 0 Å². The Morgan fingerprint density at radius 2 is 2.17 bits per heavy atom. The summed E-state index contributed by atoms with van der Waals surface area (Å²) in [5.41, 5.74) is 0. The fraction of sp³-hybridized carbons (Fsp3) is 1.00. The van der Waals surface area contributed by atoms with Crippen LogP contribution in [0.25, 0.3) is 0 Å². The van der Waals surface area contributed by atoms with Gasteiger partial charge < -0.3 is 5.32 Å². The molecule has 0 aromatic heterocycles. The summed E-state index contributed by atoms with van der Waals surface area (Å²) in [7, 11) is 2.08. The number of nitrogens with one attached hydrogen (secondary N) is 1. The van der Waals surface area contributed by atoms with Crippen molar-refractivity contribution in [2.75, 3.05) is 7.05 Å². The summed E-state index contributed by atoms with van der Waals surface area (Å²) in [6, 6.07) is 0.722. The molecule has 1 aliphatic carbocycles. The molecule has 0 heterocycles. The van der Waals surface area contributed by atoms with E-state index in [1.54, 1.807) is 0 Å². The highest BCUT2D eigenvalue weighted by atomic mass is 14.9. The monoisotopic (exact) mass is 169 g/mol. The fourth-order valence-electron chi connectivity index (χ4n) is 2.39. The molecule has 0 radical (unpaired) electrons. The van der Waals surface area contributed by atoms with E-state index in [1.165, 1.54) is 32.1 Å². The Hall–Kier alpha value is -0.0400. The van der Waals surface area contributed by atoms with Crippen molar-refractivity contribution < 1.29 is 0 Å². The van der Waals surface area contributed by atoms with Gasteiger partial charge in [-0.15, -0.1) is 0 Å². The summed E-state index contributed by atoms with van der Waals surface area (Å²) >= 11 is 0. The fourth-order valence-corrected chi connectivity index (χ4v) is 2.39. The van der Waals surface area contributed by atoms with Crippen LogP contribution in [0.3, 0.4) is 0 Å². The molecule has 3 unspecified atom stereocenters. The zero-order valence-electron chi connectivity index (χ0n) is 8.77. The molecule has 1 saturated carbocycles. The molecule has 1 rings (SSSR count). The van der Waals surface area contributed by atoms with Gasteiger partial charge in [0.1, 0.15) is 0 Å². The molecular formula is C11H23N. The maximum atomic E-state index is 3.38. The van der Waals surface area contributed by atoms with Crippen molar-refractivity contribution in [3.05, 3.63) is 0 Å². The van der Waals surface area contributed by atoms with Crippen LogP contribution in [0.4, 0.5) is 0 Å². The van der Waals surface area contributed by atoms with Gasteiger partial charge in [-0.2, -0.15) is 0 Å². The minimum Gasteiger partial charge on any atom is -0.317 e. The second-order valence-corrected chi connectivity index (χ2v) is 4.28. The van der Waals surface area contributed by atoms with Crippen molar-refractivity contribution in [2.45, 2.75) is 52.0 Å². The molecule has 1 nitrogen and oxygen atoms in total. The third-order valence-electron chi connectivity index (χ3n) is 3.56. The highest BCUT2D eigenvalue weighted by Gasteiger charge is 2.23. The lowest BCUT2D eigenvalue weighted by atomic mass is 9.77. The Morgan fingerprint density at radius 1 is 1.42 bits per heavy atom. The molecule has 0 bridgehead atoms. The quantitative estimate of drug-likeness (QED) is 0.685. The van der Waals surface area contributed by atoms with Crippen molar-refractivity contribution in [3.8, 4) is 0 Å². The van der Waals surface area contributed by atoms with Gasteiger partial charge in [-0.1, -0.05) is 26.2 Å². The molecule has 0 aromatic carbocycles. The topological polar surface area (TPSA) is 12.0 Å². The zero-order chi connectivity index (χ0) is 8.97. The number of rotatable bonds is 3. The minimum atomic E-state index is 0.722. The lowest BCUT2D eigenvalue weighted by molar-refractivity contribution is 0.221. The van der Waals surface area contributed by atoms with E-state index in [4.69, 9.17) is 0 Å². The summed E-state index contributed by atoms with van der Waals surface area (Å²) in [4.78, 5) is 0. The number of hydrogen-bond acceptors (Lipinski definition) is 1. The van der Waals surface area contributed by atoms with E-state index in [0.717, 1.165) is 17.9 Å². The molecule has 0 spiro atoms. The molecule has 0 aliphatic heterocycles. The predicted molar refractivity (Wildman–Crippen MR) is 54.3 cm³/mol. The van der Waals surface area contributed by atoms with Crippen LogP contribution < -0.4 is 5.32 Å². The number of hydrogen-bond donors (Lipinski definition) is 1. The molecule has 1 aliphatic rings. The first-order chi connectivity index (χ1) is 5.77. The maximum Gasteiger partial charge on any atom is 0.00640 e. The molecule has 0 saturated heterocycles. The molecule has 1 N–H and O–H groups in total. The Bertz CT molecular complexity index is 120. The summed E-state index contributed by atoms with van der Waals surface area (Å²) < 4.78 is 0. The van der Waals surface area contributed by atoms with Crippen molar-refractivity contribution >= 4 is 0 Å². The van der Waals surface area contributed by atoms with Crippen molar-refractivity contribution in [1.82, 2.24) is 5.32 Å². The van der Waals surface area contributed by atoms with Gasteiger partial charge in [0, 0.05) is 6.04 Å². The van der Waals surface area contributed by atoms with Crippen LogP contribution in [0.2, 0.25) is 0 Å². The first-order valence-corrected chi connectivity index (χ1v) is 5.45. The highest BCUT2D eigenvalue weighted by molar-refractivity contribution is 4.78. The van der Waals surface area contributed by atoms with E-state index in [9.17, 15) is 0 Å². The molecule has 0 amide bonds. The molecular weight excluding hydrogens is 146 g/mol. The normalized spacial score (nSPS) is 33.2. The smallest absolute Gasteiger partial charge is 0.00640 e. The second kappa shape index (κ2) is 4.86. The van der Waals surface area contributed by atoms with E-state index >= 15 is 0 Å². The standard InChI is InChI=1S/C11H23N/c1-4-10-6-5-7-11(8-10)9(2)12-3/h9-12H,4-8H2,1-3H3. The van der Waals surface area contributed by atoms with Crippen LogP contribution in [0.1, 0.15) is 46.0 Å². The van der Waals surface area contributed by atoms with E-state index in [1.807, 2.05) is 0 Å². The Balaban J connectivity index is 2.34. The van der Waals surface area contributed by atoms with E-state index in [2.05, 4.69) is 26.2 Å². The summed E-state index contributed by atoms with van der Waals surface area (Å²) in [6.07, 6.45) is 7.21. The molecule has 3 atom stereocenters. The highest BCUT2D eigenvalue weighted by Crippen LogP contribution is 2.32. The first-order valence-electron chi connectivity index (χ1n) is 5.45. The van der Waals surface area contributed by atoms with Crippen LogP contribution in [0, 0.1) is 11.8 Å². The predicted octanol–water partition coefficient (Wildman–Crippen LogP) is 2.81. The van der Waals surface area contributed by atoms with Crippen LogP contribution in [-0.2, 0) is 0 Å². The summed E-state index contributed by atoms with van der Waals surface area (Å²) in [5.74, 6) is 1.95. The van der Waals surface area contributed by atoms with Crippen molar-refractivity contribution in [3.63, 3.8) is 0 Å². The third-order valence-corrected chi connectivity index (χ3v) is 3.56. The lowest BCUT2D eigenvalue weighted by Gasteiger charge is -2.32. The van der Waals surface area contributed by atoms with Crippen molar-refractivity contribution in [2.24, 2.45) is 11.8 Å². The van der Waals surface area contributed by atoms with Crippen LogP contribution in [0.5, 0.6) is 0 Å². The largest absolute Gasteiger partial charge is 0.317 e. The summed E-state index contributed by atoms with van der Waals surface area (Å²) in [5, 5.41) is 3.38. The SMILES string of the molecule is CCC1CCCC(C(C)NC)C1. The van der Waals surface area contributed by atoms with E-state index < -0.39 is 0 Å². The van der Waals surface area contributed by atoms with Crippen LogP contribution >= 0.6 is 0 Å². The molecule has 1 heteroatoms. The van der Waals surface area contributed by atoms with Gasteiger partial charge in [0.2, 0.25) is 0 Å². The van der Waals surface area contributed by atoms with Crippen LogP contribution in [0.15, 0.2) is 0 Å². The molecule has 12 heavy (non-hydrogen) atoms. The van der Waals surface area contributed by atoms with Gasteiger partial charge in [0.15, 0.2) is 0 Å². The molecule has 0 aromatic rings.